The summed E-state index contributed by atoms with van der Waals surface area (Å²) in [7, 11) is 0. The van der Waals surface area contributed by atoms with Crippen molar-refractivity contribution in [3.8, 4) is 0 Å². The molecule has 0 atom stereocenters. The quantitative estimate of drug-likeness (QED) is 0.597. The third-order valence-electron chi connectivity index (χ3n) is 1.30. The van der Waals surface area contributed by atoms with Gasteiger partial charge in [-0.15, -0.1) is 5.10 Å². The summed E-state index contributed by atoms with van der Waals surface area (Å²) in [5, 5.41) is 7.85. The lowest BCUT2D eigenvalue weighted by atomic mass is 10.1. The van der Waals surface area contributed by atoms with Gasteiger partial charge in [0.25, 0.3) is 0 Å². The van der Waals surface area contributed by atoms with Crippen molar-refractivity contribution in [2.45, 2.75) is 47.1 Å². The smallest absolute Gasteiger partial charge is 0.0796 e. The molecule has 0 radical (unpaired) electrons. The van der Waals surface area contributed by atoms with Crippen LogP contribution in [0.3, 0.4) is 0 Å². The molecule has 12 heavy (non-hydrogen) atoms. The van der Waals surface area contributed by atoms with Crippen LogP contribution in [0.25, 0.3) is 0 Å². The van der Waals surface area contributed by atoms with E-state index < -0.39 is 0 Å². The van der Waals surface area contributed by atoms with E-state index in [1.54, 1.807) is 0 Å². The summed E-state index contributed by atoms with van der Waals surface area (Å²) < 4.78 is 1.86. The van der Waals surface area contributed by atoms with E-state index in [0.717, 1.165) is 5.69 Å². The van der Waals surface area contributed by atoms with Gasteiger partial charge in [0.1, 0.15) is 0 Å². The Labute approximate surface area is 74.8 Å². The first-order valence-corrected chi connectivity index (χ1v) is 4.39. The van der Waals surface area contributed by atoms with Crippen molar-refractivity contribution in [3.63, 3.8) is 0 Å². The minimum absolute atomic E-state index is 0.0568. The van der Waals surface area contributed by atoms with Gasteiger partial charge < -0.3 is 0 Å². The SMILES string of the molecule is CC.Cc1cn(C(C)(C)C)nn1. The number of rotatable bonds is 0. The average molecular weight is 169 g/mol. The second-order valence-electron chi connectivity index (χ2n) is 3.48. The molecule has 3 nitrogen and oxygen atoms in total. The van der Waals surface area contributed by atoms with Crippen LogP contribution < -0.4 is 0 Å². The van der Waals surface area contributed by atoms with Crippen molar-refractivity contribution < 1.29 is 0 Å². The summed E-state index contributed by atoms with van der Waals surface area (Å²) in [5.74, 6) is 0. The van der Waals surface area contributed by atoms with Gasteiger partial charge in [-0.2, -0.15) is 0 Å². The average Bonchev–Trinajstić information content (AvgIpc) is 2.39. The van der Waals surface area contributed by atoms with Crippen LogP contribution in [-0.2, 0) is 5.54 Å². The molecule has 0 spiro atoms. The molecule has 0 aliphatic rings. The van der Waals surface area contributed by atoms with Crippen LogP contribution in [0.4, 0.5) is 0 Å². The fraction of sp³-hybridized carbons (Fsp3) is 0.778. The van der Waals surface area contributed by atoms with Crippen molar-refractivity contribution in [1.82, 2.24) is 15.0 Å². The van der Waals surface area contributed by atoms with Crippen LogP contribution in [0.5, 0.6) is 0 Å². The third kappa shape index (κ3) is 3.03. The zero-order valence-corrected chi connectivity index (χ0v) is 8.92. The van der Waals surface area contributed by atoms with Gasteiger partial charge in [-0.1, -0.05) is 19.1 Å². The highest BCUT2D eigenvalue weighted by molar-refractivity contribution is 4.89. The predicted octanol–water partition coefficient (Wildman–Crippen LogP) is 2.37. The first-order chi connectivity index (χ1) is 5.50. The fourth-order valence-corrected chi connectivity index (χ4v) is 0.675. The molecule has 0 aliphatic carbocycles. The first kappa shape index (κ1) is 11.1. The largest absolute Gasteiger partial charge is 0.247 e. The van der Waals surface area contributed by atoms with Crippen molar-refractivity contribution in [3.05, 3.63) is 11.9 Å². The van der Waals surface area contributed by atoms with Crippen molar-refractivity contribution >= 4 is 0 Å². The standard InChI is InChI=1S/C7H13N3.C2H6/c1-6-5-10(9-8-6)7(2,3)4;1-2/h5H,1-4H3;1-2H3. The molecule has 0 bridgehead atoms. The Bertz CT molecular complexity index is 220. The molecule has 1 heterocycles. The van der Waals surface area contributed by atoms with Gasteiger partial charge in [0.2, 0.25) is 0 Å². The first-order valence-electron chi connectivity index (χ1n) is 4.39. The number of hydrogen-bond acceptors (Lipinski definition) is 2. The van der Waals surface area contributed by atoms with Gasteiger partial charge >= 0.3 is 0 Å². The maximum Gasteiger partial charge on any atom is 0.0796 e. The van der Waals surface area contributed by atoms with E-state index in [1.165, 1.54) is 0 Å². The summed E-state index contributed by atoms with van der Waals surface area (Å²) in [4.78, 5) is 0. The van der Waals surface area contributed by atoms with Crippen LogP contribution in [0.1, 0.15) is 40.3 Å². The van der Waals surface area contributed by atoms with E-state index in [1.807, 2.05) is 31.6 Å². The predicted molar refractivity (Wildman–Crippen MR) is 51.1 cm³/mol. The van der Waals surface area contributed by atoms with Crippen LogP contribution in [0, 0.1) is 6.92 Å². The lowest BCUT2D eigenvalue weighted by molar-refractivity contribution is 0.347. The van der Waals surface area contributed by atoms with Crippen LogP contribution in [0.2, 0.25) is 0 Å². The van der Waals surface area contributed by atoms with E-state index in [9.17, 15) is 0 Å². The Hall–Kier alpha value is -0.860. The summed E-state index contributed by atoms with van der Waals surface area (Å²) in [5.41, 5.74) is 1.02. The Morgan fingerprint density at radius 3 is 1.92 bits per heavy atom. The van der Waals surface area contributed by atoms with Crippen molar-refractivity contribution in [2.24, 2.45) is 0 Å². The molecule has 0 saturated heterocycles. The summed E-state index contributed by atoms with van der Waals surface area (Å²) in [6.45, 7) is 12.2. The zero-order valence-electron chi connectivity index (χ0n) is 8.92. The van der Waals surface area contributed by atoms with Gasteiger partial charge in [0.15, 0.2) is 0 Å². The molecule has 0 N–H and O–H groups in total. The molecule has 0 unspecified atom stereocenters. The molecule has 70 valence electrons. The van der Waals surface area contributed by atoms with E-state index in [-0.39, 0.29) is 5.54 Å². The Morgan fingerprint density at radius 2 is 1.75 bits per heavy atom. The Balaban J connectivity index is 0.000000561. The monoisotopic (exact) mass is 169 g/mol. The third-order valence-corrected chi connectivity index (χ3v) is 1.30. The molecule has 0 saturated carbocycles. The van der Waals surface area contributed by atoms with Gasteiger partial charge in [-0.3, -0.25) is 0 Å². The van der Waals surface area contributed by atoms with Crippen molar-refractivity contribution in [2.75, 3.05) is 0 Å². The Morgan fingerprint density at radius 1 is 1.25 bits per heavy atom. The van der Waals surface area contributed by atoms with Gasteiger partial charge in [0, 0.05) is 6.20 Å². The van der Waals surface area contributed by atoms with Crippen LogP contribution in [-0.4, -0.2) is 15.0 Å². The topological polar surface area (TPSA) is 30.7 Å². The Kier molecular flexibility index (Phi) is 3.93. The normalized spacial score (nSPS) is 10.5. The number of hydrogen-bond donors (Lipinski definition) is 0. The van der Waals surface area contributed by atoms with Crippen LogP contribution >= 0.6 is 0 Å². The van der Waals surface area contributed by atoms with E-state index in [4.69, 9.17) is 0 Å². The molecule has 3 heteroatoms. The molecule has 0 aliphatic heterocycles. The number of aryl methyl sites for hydroxylation is 1. The maximum absolute atomic E-state index is 3.95. The van der Waals surface area contributed by atoms with E-state index >= 15 is 0 Å². The van der Waals surface area contributed by atoms with Gasteiger partial charge in [0.05, 0.1) is 11.2 Å². The molecule has 1 aromatic rings. The lowest BCUT2D eigenvalue weighted by Gasteiger charge is -2.17. The number of aromatic nitrogens is 3. The highest BCUT2D eigenvalue weighted by Gasteiger charge is 2.13. The zero-order chi connectivity index (χ0) is 9.78. The summed E-state index contributed by atoms with van der Waals surface area (Å²) in [6, 6.07) is 0. The molecule has 0 fully saturated rings. The minimum Gasteiger partial charge on any atom is -0.247 e. The van der Waals surface area contributed by atoms with Gasteiger partial charge in [-0.25, -0.2) is 4.68 Å². The second kappa shape index (κ2) is 4.24. The summed E-state index contributed by atoms with van der Waals surface area (Å²) >= 11 is 0. The summed E-state index contributed by atoms with van der Waals surface area (Å²) in [6.07, 6.45) is 1.94. The molecule has 1 aromatic heterocycles. The molecule has 0 amide bonds. The maximum atomic E-state index is 3.95. The van der Waals surface area contributed by atoms with E-state index in [0.29, 0.717) is 0 Å². The fourth-order valence-electron chi connectivity index (χ4n) is 0.675. The highest BCUT2D eigenvalue weighted by Crippen LogP contribution is 2.10. The molecule has 0 aromatic carbocycles. The highest BCUT2D eigenvalue weighted by atomic mass is 15.4. The second-order valence-corrected chi connectivity index (χ2v) is 3.48. The van der Waals surface area contributed by atoms with Crippen molar-refractivity contribution in [1.29, 1.82) is 0 Å². The lowest BCUT2D eigenvalue weighted by Crippen LogP contribution is -2.22. The molecular formula is C9H19N3. The van der Waals surface area contributed by atoms with E-state index in [2.05, 4.69) is 31.1 Å². The van der Waals surface area contributed by atoms with Gasteiger partial charge in [-0.05, 0) is 27.7 Å². The molecular weight excluding hydrogens is 150 g/mol. The molecule has 1 rings (SSSR count). The minimum atomic E-state index is 0.0568. The number of nitrogens with zero attached hydrogens (tertiary/aromatic N) is 3. The van der Waals surface area contributed by atoms with Crippen LogP contribution in [0.15, 0.2) is 6.20 Å².